The molecule has 0 saturated heterocycles. The van der Waals surface area contributed by atoms with Crippen molar-refractivity contribution in [3.8, 4) is 5.75 Å². The quantitative estimate of drug-likeness (QED) is 0.0230. The van der Waals surface area contributed by atoms with E-state index in [0.717, 1.165) is 10.8 Å². The average molecular weight is 1120 g/mol. The number of phenols is 1. The number of rotatable bonds is 30. The summed E-state index contributed by atoms with van der Waals surface area (Å²) in [6, 6.07) is 25.2. The third-order valence-corrected chi connectivity index (χ3v) is 14.0. The highest BCUT2D eigenvalue weighted by Crippen LogP contribution is 2.25. The Labute approximate surface area is 469 Å². The lowest BCUT2D eigenvalue weighted by molar-refractivity contribution is -0.141. The highest BCUT2D eigenvalue weighted by atomic mass is 32.1. The monoisotopic (exact) mass is 1120 g/mol. The highest BCUT2D eigenvalue weighted by Gasteiger charge is 2.37. The maximum atomic E-state index is 15.0. The van der Waals surface area contributed by atoms with Crippen LogP contribution in [0.3, 0.4) is 0 Å². The van der Waals surface area contributed by atoms with E-state index in [0.29, 0.717) is 35.1 Å². The van der Waals surface area contributed by atoms with Crippen LogP contribution in [0.1, 0.15) is 61.3 Å². The second kappa shape index (κ2) is 31.2. The number of unbranched alkanes of at least 4 members (excludes halogenated alkanes) is 1. The van der Waals surface area contributed by atoms with Crippen molar-refractivity contribution in [3.63, 3.8) is 0 Å². The molecule has 0 radical (unpaired) electrons. The first-order valence-corrected chi connectivity index (χ1v) is 27.1. The zero-order valence-electron chi connectivity index (χ0n) is 43.9. The average Bonchev–Trinajstić information content (AvgIpc) is 3.45. The lowest BCUT2D eigenvalue weighted by Gasteiger charge is -2.31. The number of aliphatic carboxylic acids is 1. The first kappa shape index (κ1) is 62.3. The Morgan fingerprint density at radius 3 is 1.46 bits per heavy atom. The summed E-state index contributed by atoms with van der Waals surface area (Å²) in [5, 5.41) is 51.0. The van der Waals surface area contributed by atoms with Gasteiger partial charge in [0.2, 0.25) is 41.4 Å². The van der Waals surface area contributed by atoms with Gasteiger partial charge in [-0.2, -0.15) is 25.3 Å². The minimum atomic E-state index is -1.71. The summed E-state index contributed by atoms with van der Waals surface area (Å²) in [5.74, 6) is -8.41. The number of aliphatic hydroxyl groups is 1. The number of carboxylic acids is 1. The van der Waals surface area contributed by atoms with Crippen molar-refractivity contribution < 1.29 is 53.7 Å². The number of phenolic OH excluding ortho intramolecular Hbond substituents is 1. The summed E-state index contributed by atoms with van der Waals surface area (Å²) in [6.45, 7) is 3.16. The molecular weight excluding hydrogens is 1050 g/mol. The van der Waals surface area contributed by atoms with E-state index in [9.17, 15) is 48.9 Å². The molecular formula is C57H71N9O11S2. The Kier molecular flexibility index (Phi) is 24.6. The van der Waals surface area contributed by atoms with Crippen molar-refractivity contribution in [3.05, 3.63) is 150 Å². The van der Waals surface area contributed by atoms with E-state index >= 15 is 4.79 Å². The molecule has 0 aliphatic heterocycles. The minimum Gasteiger partial charge on any atom is -0.508 e. The zero-order chi connectivity index (χ0) is 57.6. The van der Waals surface area contributed by atoms with Crippen molar-refractivity contribution in [2.75, 3.05) is 18.1 Å². The number of fused-ring (bicyclic) bond motifs is 1. The molecule has 5 aromatic rings. The molecule has 22 heteroatoms. The number of carbonyl (C=O) groups is 8. The third kappa shape index (κ3) is 19.1. The molecule has 0 bridgehead atoms. The molecule has 0 spiro atoms. The van der Waals surface area contributed by atoms with Gasteiger partial charge in [-0.15, -0.1) is 0 Å². The van der Waals surface area contributed by atoms with Crippen molar-refractivity contribution in [1.29, 1.82) is 0 Å². The van der Waals surface area contributed by atoms with Gasteiger partial charge in [-0.1, -0.05) is 122 Å². The predicted octanol–water partition coefficient (Wildman–Crippen LogP) is 1.55. The highest BCUT2D eigenvalue weighted by molar-refractivity contribution is 7.80. The van der Waals surface area contributed by atoms with Gasteiger partial charge in [0.05, 0.1) is 12.1 Å². The van der Waals surface area contributed by atoms with Gasteiger partial charge in [0.1, 0.15) is 48.0 Å². The van der Waals surface area contributed by atoms with E-state index in [1.165, 1.54) is 19.1 Å². The molecule has 10 atom stereocenters. The lowest BCUT2D eigenvalue weighted by atomic mass is 9.90. The standard InChI is InChI=1S/C57H71N9O11S2/c1-33(39-23-22-38-17-9-10-18-40(38)30-39)48(65-54(73)46(29-37-20-24-41(68)25-21-37)62-52(71)44(61-50(69)42(59)31-78)27-35-13-5-3-6-14-35)55(74)60-43(19-11-12-26-58)51(70)66-49(34(2)67)56(75)63-45(28-36-15-7-4-8-16-36)53(72)64-47(32-79)57(76)77/h3-10,13-18,20-25,30,33-34,42-49,67-68,78-79H,11-12,19,26-29,31-32,58-59H2,1-2H3,(H,60,74)(H,61,69)(H,62,71)(H,63,75)(H,64,72)(H,65,73)(H,66,70)(H,76,77)/t33-,34+,42-,43-,44-,45-,46-,47-,48+,49-/m0/s1. The van der Waals surface area contributed by atoms with Crippen LogP contribution in [0.5, 0.6) is 5.75 Å². The lowest BCUT2D eigenvalue weighted by Crippen LogP contribution is -2.62. The maximum Gasteiger partial charge on any atom is 0.327 e. The molecule has 7 amide bonds. The fraction of sp³-hybridized carbons (Fsp3) is 0.368. The van der Waals surface area contributed by atoms with Crippen LogP contribution >= 0.6 is 25.3 Å². The van der Waals surface area contributed by atoms with Crippen molar-refractivity contribution in [2.24, 2.45) is 11.5 Å². The number of hydrogen-bond acceptors (Lipinski definition) is 14. The normalized spacial score (nSPS) is 15.0. The fourth-order valence-corrected chi connectivity index (χ4v) is 9.00. The molecule has 0 aliphatic carbocycles. The third-order valence-electron chi connectivity index (χ3n) is 13.2. The number of aliphatic hydroxyl groups excluding tert-OH is 1. The van der Waals surface area contributed by atoms with Gasteiger partial charge in [0, 0.05) is 36.7 Å². The van der Waals surface area contributed by atoms with Crippen LogP contribution in [0.4, 0.5) is 0 Å². The zero-order valence-corrected chi connectivity index (χ0v) is 45.7. The summed E-state index contributed by atoms with van der Waals surface area (Å²) in [6.07, 6.45) is -1.14. The summed E-state index contributed by atoms with van der Waals surface area (Å²) in [5.41, 5.74) is 14.2. The Hall–Kier alpha value is -7.50. The van der Waals surface area contributed by atoms with Crippen LogP contribution in [0.2, 0.25) is 0 Å². The molecule has 0 unspecified atom stereocenters. The molecule has 0 saturated carbocycles. The van der Waals surface area contributed by atoms with Crippen LogP contribution < -0.4 is 48.7 Å². The number of carbonyl (C=O) groups excluding carboxylic acids is 7. The van der Waals surface area contributed by atoms with Crippen molar-refractivity contribution in [2.45, 2.75) is 113 Å². The van der Waals surface area contributed by atoms with E-state index in [2.05, 4.69) is 62.5 Å². The van der Waals surface area contributed by atoms with Gasteiger partial charge >= 0.3 is 5.97 Å². The molecule has 0 aliphatic rings. The number of thiol groups is 2. The number of aromatic hydroxyl groups is 1. The number of nitrogens with one attached hydrogen (secondary N) is 7. The molecule has 422 valence electrons. The molecule has 0 fully saturated rings. The summed E-state index contributed by atoms with van der Waals surface area (Å²) in [7, 11) is 0. The van der Waals surface area contributed by atoms with Crippen LogP contribution in [0.25, 0.3) is 10.8 Å². The molecule has 5 aromatic carbocycles. The van der Waals surface area contributed by atoms with Crippen molar-refractivity contribution in [1.82, 2.24) is 37.2 Å². The first-order valence-electron chi connectivity index (χ1n) is 25.9. The Morgan fingerprint density at radius 1 is 0.494 bits per heavy atom. The number of amides is 7. The second-order valence-electron chi connectivity index (χ2n) is 19.3. The SMILES string of the molecule is C[C@@H](O)[C@H](NC(=O)[C@H](CCCCN)NC(=O)[C@H](NC(=O)[C@H](Cc1ccc(O)cc1)NC(=O)[C@H](Cc1ccccc1)NC(=O)[C@@H](N)CS)[C@@H](C)c1ccc2ccccc2c1)C(=O)N[C@@H](Cc1ccccc1)C(=O)N[C@@H](CS)C(=O)O. The van der Waals surface area contributed by atoms with E-state index < -0.39 is 108 Å². The molecule has 14 N–H and O–H groups in total. The summed E-state index contributed by atoms with van der Waals surface area (Å²) >= 11 is 8.17. The topological polar surface area (TPSA) is 333 Å². The minimum absolute atomic E-state index is 0.00763. The largest absolute Gasteiger partial charge is 0.508 e. The second-order valence-corrected chi connectivity index (χ2v) is 20.0. The van der Waals surface area contributed by atoms with Crippen molar-refractivity contribution >= 4 is 83.3 Å². The first-order chi connectivity index (χ1) is 37.8. The Morgan fingerprint density at radius 2 is 0.937 bits per heavy atom. The molecule has 0 heterocycles. The van der Waals surface area contributed by atoms with Gasteiger partial charge in [-0.3, -0.25) is 33.6 Å². The maximum absolute atomic E-state index is 15.0. The van der Waals surface area contributed by atoms with E-state index in [-0.39, 0.29) is 49.5 Å². The van der Waals surface area contributed by atoms with Crippen LogP contribution in [0.15, 0.2) is 127 Å². The smallest absolute Gasteiger partial charge is 0.327 e. The van der Waals surface area contributed by atoms with Crippen LogP contribution in [-0.4, -0.2) is 135 Å². The number of benzene rings is 5. The molecule has 5 rings (SSSR count). The van der Waals surface area contributed by atoms with Gasteiger partial charge in [0.25, 0.3) is 0 Å². The summed E-state index contributed by atoms with van der Waals surface area (Å²) in [4.78, 5) is 112. The fourth-order valence-electron chi connectivity index (χ4n) is 8.59. The molecule has 79 heavy (non-hydrogen) atoms. The predicted molar refractivity (Wildman–Crippen MR) is 306 cm³/mol. The Bertz CT molecular complexity index is 2850. The van der Waals surface area contributed by atoms with Crippen LogP contribution in [0, 0.1) is 0 Å². The summed E-state index contributed by atoms with van der Waals surface area (Å²) < 4.78 is 0. The van der Waals surface area contributed by atoms with Gasteiger partial charge in [-0.05, 0) is 77.9 Å². The number of nitrogens with two attached hydrogens (primary N) is 2. The van der Waals surface area contributed by atoms with E-state index in [1.54, 1.807) is 85.8 Å². The number of hydrogen-bond donors (Lipinski definition) is 14. The van der Waals surface area contributed by atoms with Gasteiger partial charge < -0.3 is 64.0 Å². The Balaban J connectivity index is 1.49. The van der Waals surface area contributed by atoms with E-state index in [1.807, 2.05) is 36.4 Å². The van der Waals surface area contributed by atoms with E-state index in [4.69, 9.17) is 11.5 Å². The molecule has 20 nitrogen and oxygen atoms in total. The van der Waals surface area contributed by atoms with Crippen LogP contribution in [-0.2, 0) is 57.6 Å². The van der Waals surface area contributed by atoms with Gasteiger partial charge in [0.15, 0.2) is 0 Å². The van der Waals surface area contributed by atoms with Gasteiger partial charge in [-0.25, -0.2) is 4.79 Å². The number of carboxylic acid groups (broad SMARTS) is 1. The molecule has 0 aromatic heterocycles.